The van der Waals surface area contributed by atoms with E-state index < -0.39 is 29.5 Å². The van der Waals surface area contributed by atoms with Gasteiger partial charge in [0.15, 0.2) is 0 Å². The number of hydrogen-bond donors (Lipinski definition) is 1. The molecule has 0 fully saturated rings. The molecule has 4 heteroatoms. The number of hydrogen-bond acceptors (Lipinski definition) is 1. The molecule has 0 radical (unpaired) electrons. The molecule has 0 heterocycles. The van der Waals surface area contributed by atoms with Crippen LogP contribution in [0.15, 0.2) is 18.2 Å². The highest BCUT2D eigenvalue weighted by Gasteiger charge is 2.11. The summed E-state index contributed by atoms with van der Waals surface area (Å²) in [6, 6.07) is 2.64. The molecule has 1 rings (SSSR count). The van der Waals surface area contributed by atoms with Crippen LogP contribution in [0.4, 0.5) is 8.78 Å². The average Bonchev–Trinajstić information content (AvgIpc) is 2.02. The highest BCUT2D eigenvalue weighted by atomic mass is 19.1. The van der Waals surface area contributed by atoms with E-state index in [9.17, 15) is 13.6 Å². The molecule has 0 bridgehead atoms. The van der Waals surface area contributed by atoms with Gasteiger partial charge in [-0.15, -0.1) is 0 Å². The number of aliphatic carboxylic acids is 1. The van der Waals surface area contributed by atoms with Crippen LogP contribution in [0.2, 0.25) is 0 Å². The first-order valence-corrected chi connectivity index (χ1v) is 3.05. The van der Waals surface area contributed by atoms with Crippen molar-refractivity contribution in [1.29, 1.82) is 0 Å². The summed E-state index contributed by atoms with van der Waals surface area (Å²) in [7, 11) is 0. The monoisotopic (exact) mass is 174 g/mol. The molecule has 0 aromatic heterocycles. The maximum Gasteiger partial charge on any atom is 0.308 e. The SMILES string of the molecule is [2H]C([2H])(C(=O)O)c1c(F)cccc1F. The molecule has 64 valence electrons. The van der Waals surface area contributed by atoms with Crippen molar-refractivity contribution in [3.63, 3.8) is 0 Å². The van der Waals surface area contributed by atoms with Crippen molar-refractivity contribution in [3.8, 4) is 0 Å². The smallest absolute Gasteiger partial charge is 0.308 e. The molecule has 12 heavy (non-hydrogen) atoms. The Morgan fingerprint density at radius 1 is 1.50 bits per heavy atom. The van der Waals surface area contributed by atoms with Crippen molar-refractivity contribution < 1.29 is 21.4 Å². The van der Waals surface area contributed by atoms with Crippen LogP contribution in [0.25, 0.3) is 0 Å². The second kappa shape index (κ2) is 3.30. The number of rotatable bonds is 2. The summed E-state index contributed by atoms with van der Waals surface area (Å²) in [5.74, 6) is -4.35. The third-order valence-corrected chi connectivity index (χ3v) is 1.19. The van der Waals surface area contributed by atoms with Gasteiger partial charge in [-0.2, -0.15) is 0 Å². The zero-order valence-corrected chi connectivity index (χ0v) is 5.84. The third-order valence-electron chi connectivity index (χ3n) is 1.19. The molecule has 0 amide bonds. The summed E-state index contributed by atoms with van der Waals surface area (Å²) in [4.78, 5) is 10.4. The molecular formula is C8H6F2O2. The maximum absolute atomic E-state index is 13.0. The zero-order valence-electron chi connectivity index (χ0n) is 7.84. The fourth-order valence-corrected chi connectivity index (χ4v) is 0.724. The van der Waals surface area contributed by atoms with E-state index in [2.05, 4.69) is 0 Å². The van der Waals surface area contributed by atoms with Crippen molar-refractivity contribution >= 4 is 5.97 Å². The standard InChI is InChI=1S/C8H6F2O2/c9-6-2-1-3-7(10)5(6)4-8(11)12/h1-3H,4H2,(H,11,12)/i4D2. The molecule has 0 atom stereocenters. The lowest BCUT2D eigenvalue weighted by Crippen LogP contribution is -2.04. The minimum Gasteiger partial charge on any atom is -0.481 e. The number of carboxylic acids is 1. The molecule has 2 nitrogen and oxygen atoms in total. The van der Waals surface area contributed by atoms with E-state index in [1.807, 2.05) is 0 Å². The lowest BCUT2D eigenvalue weighted by Gasteiger charge is -1.99. The maximum atomic E-state index is 13.0. The van der Waals surface area contributed by atoms with E-state index in [4.69, 9.17) is 7.85 Å². The van der Waals surface area contributed by atoms with Crippen LogP contribution < -0.4 is 0 Å². The van der Waals surface area contributed by atoms with Crippen molar-refractivity contribution in [1.82, 2.24) is 0 Å². The Labute approximate surface area is 70.3 Å². The van der Waals surface area contributed by atoms with Gasteiger partial charge in [0, 0.05) is 8.30 Å². The summed E-state index contributed by atoms with van der Waals surface area (Å²) >= 11 is 0. The minimum atomic E-state index is -3.06. The topological polar surface area (TPSA) is 37.3 Å². The fourth-order valence-electron chi connectivity index (χ4n) is 0.724. The predicted molar refractivity (Wildman–Crippen MR) is 37.7 cm³/mol. The van der Waals surface area contributed by atoms with Gasteiger partial charge in [-0.05, 0) is 12.1 Å². The third kappa shape index (κ3) is 1.78. The molecule has 0 saturated heterocycles. The molecule has 0 aliphatic carbocycles. The summed E-state index contributed by atoms with van der Waals surface area (Å²) in [5, 5.41) is 8.44. The molecule has 0 aliphatic rings. The van der Waals surface area contributed by atoms with E-state index >= 15 is 0 Å². The minimum absolute atomic E-state index is 0.805. The molecule has 1 aromatic carbocycles. The summed E-state index contributed by atoms with van der Waals surface area (Å²) < 4.78 is 39.9. The first-order valence-electron chi connectivity index (χ1n) is 4.05. The van der Waals surface area contributed by atoms with E-state index in [1.54, 1.807) is 0 Å². The average molecular weight is 174 g/mol. The van der Waals surface area contributed by atoms with Gasteiger partial charge in [0.2, 0.25) is 0 Å². The molecule has 0 saturated carbocycles. The lowest BCUT2D eigenvalue weighted by atomic mass is 10.1. The van der Waals surface area contributed by atoms with E-state index in [0.29, 0.717) is 0 Å². The zero-order chi connectivity index (χ0) is 10.9. The largest absolute Gasteiger partial charge is 0.481 e. The molecular weight excluding hydrogens is 166 g/mol. The Bertz CT molecular complexity index is 359. The van der Waals surface area contributed by atoms with Gasteiger partial charge in [-0.3, -0.25) is 4.79 Å². The van der Waals surface area contributed by atoms with Gasteiger partial charge in [-0.25, -0.2) is 8.78 Å². The first kappa shape index (κ1) is 6.11. The number of halogens is 2. The molecule has 0 aliphatic heterocycles. The highest BCUT2D eigenvalue weighted by molar-refractivity contribution is 5.70. The van der Waals surface area contributed by atoms with Crippen LogP contribution in [0, 0.1) is 11.6 Å². The van der Waals surface area contributed by atoms with Crippen LogP contribution in [0.1, 0.15) is 8.30 Å². The second-order valence-electron chi connectivity index (χ2n) is 2.03. The summed E-state index contributed by atoms with van der Waals surface area (Å²) in [6.45, 7) is 0. The number of carboxylic acid groups (broad SMARTS) is 1. The number of carbonyl (C=O) groups is 1. The van der Waals surface area contributed by atoms with Gasteiger partial charge in [0.25, 0.3) is 0 Å². The van der Waals surface area contributed by atoms with Crippen LogP contribution >= 0.6 is 0 Å². The van der Waals surface area contributed by atoms with Crippen molar-refractivity contribution in [2.24, 2.45) is 0 Å². The van der Waals surface area contributed by atoms with Gasteiger partial charge in [-0.1, -0.05) is 6.07 Å². The van der Waals surface area contributed by atoms with Crippen LogP contribution in [0.3, 0.4) is 0 Å². The quantitative estimate of drug-likeness (QED) is 0.739. The highest BCUT2D eigenvalue weighted by Crippen LogP contribution is 2.12. The van der Waals surface area contributed by atoms with Gasteiger partial charge < -0.3 is 5.11 Å². The van der Waals surface area contributed by atoms with Gasteiger partial charge in [0.1, 0.15) is 11.6 Å². The summed E-state index contributed by atoms with van der Waals surface area (Å²) in [6.07, 6.45) is -3.06. The van der Waals surface area contributed by atoms with Crippen molar-refractivity contribution in [3.05, 3.63) is 35.4 Å². The molecule has 0 unspecified atom stereocenters. The Morgan fingerprint density at radius 2 is 2.00 bits per heavy atom. The molecule has 0 spiro atoms. The Kier molecular flexibility index (Phi) is 1.68. The van der Waals surface area contributed by atoms with E-state index in [0.717, 1.165) is 18.2 Å². The van der Waals surface area contributed by atoms with Crippen LogP contribution in [-0.2, 0) is 11.2 Å². The number of benzene rings is 1. The van der Waals surface area contributed by atoms with Gasteiger partial charge >= 0.3 is 5.97 Å². The second-order valence-corrected chi connectivity index (χ2v) is 2.03. The lowest BCUT2D eigenvalue weighted by molar-refractivity contribution is -0.136. The Morgan fingerprint density at radius 3 is 2.42 bits per heavy atom. The summed E-state index contributed by atoms with van der Waals surface area (Å²) in [5.41, 5.74) is -1.08. The van der Waals surface area contributed by atoms with Crippen molar-refractivity contribution in [2.75, 3.05) is 0 Å². The van der Waals surface area contributed by atoms with E-state index in [1.165, 1.54) is 0 Å². The Hall–Kier alpha value is -1.45. The Balaban J connectivity index is 3.38. The van der Waals surface area contributed by atoms with Crippen LogP contribution in [-0.4, -0.2) is 11.1 Å². The van der Waals surface area contributed by atoms with E-state index in [-0.39, 0.29) is 0 Å². The van der Waals surface area contributed by atoms with Crippen molar-refractivity contribution in [2.45, 2.75) is 6.37 Å². The predicted octanol–water partition coefficient (Wildman–Crippen LogP) is 1.59. The van der Waals surface area contributed by atoms with Crippen LogP contribution in [0.5, 0.6) is 0 Å². The molecule has 1 aromatic rings. The molecule has 1 N–H and O–H groups in total. The van der Waals surface area contributed by atoms with Gasteiger partial charge in [0.05, 0.1) is 6.37 Å². The first-order chi connectivity index (χ1) is 6.37. The fraction of sp³-hybridized carbons (Fsp3) is 0.125. The normalized spacial score (nSPS) is 13.5.